The molecule has 1 aromatic heterocycles. The van der Waals surface area contributed by atoms with E-state index >= 15 is 0 Å². The third kappa shape index (κ3) is 9.53. The Morgan fingerprint density at radius 3 is 2.41 bits per heavy atom. The van der Waals surface area contributed by atoms with Crippen LogP contribution < -0.4 is 31.3 Å². The number of fused-ring (bicyclic) bond motifs is 1. The number of amides is 5. The highest BCUT2D eigenvalue weighted by atomic mass is 16.5. The van der Waals surface area contributed by atoms with Gasteiger partial charge < -0.3 is 31.3 Å². The average molecular weight is 700 g/mol. The fraction of sp³-hybridized carbons (Fsp3) is 0.474. The van der Waals surface area contributed by atoms with Crippen LogP contribution in [0.2, 0.25) is 0 Å². The van der Waals surface area contributed by atoms with Crippen molar-refractivity contribution < 1.29 is 28.7 Å². The van der Waals surface area contributed by atoms with Crippen molar-refractivity contribution in [2.24, 2.45) is 7.05 Å². The van der Waals surface area contributed by atoms with Crippen molar-refractivity contribution in [2.45, 2.75) is 89.3 Å². The first-order valence-corrected chi connectivity index (χ1v) is 17.8. The number of aryl methyl sites for hydroxylation is 2. The Morgan fingerprint density at radius 2 is 1.69 bits per heavy atom. The zero-order valence-corrected chi connectivity index (χ0v) is 29.7. The first kappa shape index (κ1) is 37.1. The smallest absolute Gasteiger partial charge is 0.255 e. The summed E-state index contributed by atoms with van der Waals surface area (Å²) in [6, 6.07) is 14.0. The molecule has 0 radical (unpaired) electrons. The highest BCUT2D eigenvalue weighted by Gasteiger charge is 2.43. The van der Waals surface area contributed by atoms with Crippen LogP contribution in [0.3, 0.4) is 0 Å². The summed E-state index contributed by atoms with van der Waals surface area (Å²) in [5, 5.41) is 18.9. The van der Waals surface area contributed by atoms with E-state index in [1.54, 1.807) is 28.9 Å². The molecule has 1 aliphatic heterocycles. The summed E-state index contributed by atoms with van der Waals surface area (Å²) in [7, 11) is 1.86. The van der Waals surface area contributed by atoms with Gasteiger partial charge in [-0.1, -0.05) is 61.7 Å². The van der Waals surface area contributed by atoms with E-state index in [0.29, 0.717) is 44.3 Å². The molecule has 1 fully saturated rings. The summed E-state index contributed by atoms with van der Waals surface area (Å²) in [5.41, 5.74) is 2.66. The van der Waals surface area contributed by atoms with Crippen molar-refractivity contribution >= 4 is 29.5 Å². The Hall–Kier alpha value is -5.20. The molecule has 51 heavy (non-hydrogen) atoms. The molecular formula is C38H49N7O6. The van der Waals surface area contributed by atoms with Gasteiger partial charge in [-0.15, -0.1) is 0 Å². The third-order valence-electron chi connectivity index (χ3n) is 9.78. The number of nitrogens with zero attached hydrogens (tertiary/aromatic N) is 2. The van der Waals surface area contributed by atoms with Gasteiger partial charge in [0.25, 0.3) is 5.91 Å². The Balaban J connectivity index is 1.41. The molecule has 2 aromatic carbocycles. The normalized spacial score (nSPS) is 20.4. The van der Waals surface area contributed by atoms with Crippen molar-refractivity contribution in [1.29, 1.82) is 0 Å². The van der Waals surface area contributed by atoms with Crippen molar-refractivity contribution in [2.75, 3.05) is 19.7 Å². The molecule has 13 nitrogen and oxygen atoms in total. The van der Waals surface area contributed by atoms with Gasteiger partial charge >= 0.3 is 0 Å². The molecule has 5 amide bonds. The summed E-state index contributed by atoms with van der Waals surface area (Å²) in [6.07, 6.45) is 3.87. The quantitative estimate of drug-likeness (QED) is 0.263. The van der Waals surface area contributed by atoms with Crippen molar-refractivity contribution in [1.82, 2.24) is 36.4 Å². The predicted octanol–water partition coefficient (Wildman–Crippen LogP) is 2.33. The Morgan fingerprint density at radius 1 is 0.961 bits per heavy atom. The second-order valence-corrected chi connectivity index (χ2v) is 13.4. The summed E-state index contributed by atoms with van der Waals surface area (Å²) in [4.78, 5) is 68.8. The van der Waals surface area contributed by atoms with Gasteiger partial charge in [0.2, 0.25) is 23.6 Å². The van der Waals surface area contributed by atoms with Gasteiger partial charge in [-0.3, -0.25) is 28.7 Å². The molecule has 2 aliphatic rings. The number of carbonyl (C=O) groups excluding carboxylic acids is 5. The van der Waals surface area contributed by atoms with E-state index in [2.05, 4.69) is 31.7 Å². The molecule has 272 valence electrons. The maximum Gasteiger partial charge on any atom is 0.255 e. The number of benzene rings is 2. The fourth-order valence-corrected chi connectivity index (χ4v) is 6.85. The molecule has 0 unspecified atom stereocenters. The number of para-hydroxylation sites is 1. The first-order valence-electron chi connectivity index (χ1n) is 17.8. The highest BCUT2D eigenvalue weighted by molar-refractivity contribution is 6.01. The second-order valence-electron chi connectivity index (χ2n) is 13.4. The lowest BCUT2D eigenvalue weighted by Crippen LogP contribution is -2.63. The highest BCUT2D eigenvalue weighted by Crippen LogP contribution is 2.29. The van der Waals surface area contributed by atoms with Crippen LogP contribution in [0.15, 0.2) is 54.6 Å². The summed E-state index contributed by atoms with van der Waals surface area (Å²) < 4.78 is 7.73. The van der Waals surface area contributed by atoms with Crippen LogP contribution in [0.5, 0.6) is 5.75 Å². The van der Waals surface area contributed by atoms with E-state index in [0.717, 1.165) is 28.9 Å². The molecule has 0 saturated heterocycles. The predicted molar refractivity (Wildman–Crippen MR) is 191 cm³/mol. The van der Waals surface area contributed by atoms with Crippen LogP contribution in [0, 0.1) is 13.8 Å². The number of hydrogen-bond acceptors (Lipinski definition) is 7. The van der Waals surface area contributed by atoms with E-state index in [1.807, 2.05) is 51.2 Å². The topological polar surface area (TPSA) is 173 Å². The lowest BCUT2D eigenvalue weighted by atomic mass is 9.80. The molecule has 5 rings (SSSR count). The van der Waals surface area contributed by atoms with Crippen LogP contribution in [0.25, 0.3) is 0 Å². The van der Waals surface area contributed by atoms with Crippen LogP contribution >= 0.6 is 0 Å². The van der Waals surface area contributed by atoms with Crippen molar-refractivity contribution in [3.8, 4) is 5.75 Å². The number of ether oxygens (including phenoxy) is 1. The van der Waals surface area contributed by atoms with Crippen molar-refractivity contribution in [3.05, 3.63) is 82.7 Å². The average Bonchev–Trinajstić information content (AvgIpc) is 3.36. The molecule has 2 atom stereocenters. The zero-order chi connectivity index (χ0) is 36.4. The number of carbonyl (C=O) groups is 5. The Labute approximate surface area is 298 Å². The maximum absolute atomic E-state index is 14.1. The SMILES string of the molecule is Cc1nn(C)c(C)c1CCNC(=O)[C@@H]1CC(=O)NC2(CCCCC2)C(=O)N[C@@H](Cc2ccccc2)C(=O)NCCCOc2ccccc2C(=O)N1. The molecule has 5 N–H and O–H groups in total. The fourth-order valence-electron chi connectivity index (χ4n) is 6.85. The van der Waals surface area contributed by atoms with Gasteiger partial charge in [-0.25, -0.2) is 0 Å². The molecule has 2 heterocycles. The van der Waals surface area contributed by atoms with Gasteiger partial charge in [-0.05, 0) is 62.8 Å². The van der Waals surface area contributed by atoms with E-state index < -0.39 is 47.7 Å². The Kier molecular flexibility index (Phi) is 12.5. The van der Waals surface area contributed by atoms with E-state index in [1.165, 1.54) is 0 Å². The number of aromatic nitrogens is 2. The van der Waals surface area contributed by atoms with E-state index in [9.17, 15) is 24.0 Å². The molecule has 1 saturated carbocycles. The standard InChI is InChI=1S/C38H49N7O6/c1-25-28(26(2)45(3)44-25)17-21-40-36(49)31-24-33(46)43-38(18-10-5-11-19-38)37(50)42-30(23-27-13-6-4-7-14-27)35(48)39-20-12-22-51-32-16-9-8-15-29(32)34(47)41-31/h4,6-9,13-16,30-31H,5,10-12,17-24H2,1-3H3,(H,39,48)(H,40,49)(H,41,47)(H,42,50)(H,43,46)/t30-,31-/m0/s1. The van der Waals surface area contributed by atoms with Crippen LogP contribution in [0.1, 0.15) is 77.8 Å². The van der Waals surface area contributed by atoms with Crippen LogP contribution in [0.4, 0.5) is 0 Å². The van der Waals surface area contributed by atoms with E-state index in [-0.39, 0.29) is 37.6 Å². The summed E-state index contributed by atoms with van der Waals surface area (Å²) in [6.45, 7) is 4.60. The monoisotopic (exact) mass is 699 g/mol. The minimum absolute atomic E-state index is 0.197. The number of nitrogens with one attached hydrogen (secondary N) is 5. The van der Waals surface area contributed by atoms with E-state index in [4.69, 9.17) is 4.74 Å². The second kappa shape index (κ2) is 17.1. The van der Waals surface area contributed by atoms with Gasteiger partial charge in [0.15, 0.2) is 0 Å². The molecular weight excluding hydrogens is 650 g/mol. The van der Waals surface area contributed by atoms with Crippen LogP contribution in [-0.2, 0) is 39.1 Å². The molecule has 1 spiro atoms. The van der Waals surface area contributed by atoms with Gasteiger partial charge in [-0.2, -0.15) is 5.10 Å². The first-order chi connectivity index (χ1) is 24.6. The maximum atomic E-state index is 14.1. The zero-order valence-electron chi connectivity index (χ0n) is 29.7. The van der Waals surface area contributed by atoms with Gasteiger partial charge in [0.05, 0.1) is 24.3 Å². The minimum atomic E-state index is -1.28. The van der Waals surface area contributed by atoms with Crippen molar-refractivity contribution in [3.63, 3.8) is 0 Å². The van der Waals surface area contributed by atoms with Gasteiger partial charge in [0.1, 0.15) is 23.4 Å². The molecule has 1 aliphatic carbocycles. The lowest BCUT2D eigenvalue weighted by Gasteiger charge is -2.38. The Bertz CT molecular complexity index is 1720. The molecule has 0 bridgehead atoms. The summed E-state index contributed by atoms with van der Waals surface area (Å²) in [5.74, 6) is -2.17. The lowest BCUT2D eigenvalue weighted by molar-refractivity contribution is -0.138. The minimum Gasteiger partial charge on any atom is -0.493 e. The molecule has 13 heteroatoms. The third-order valence-corrected chi connectivity index (χ3v) is 9.78. The summed E-state index contributed by atoms with van der Waals surface area (Å²) >= 11 is 0. The number of rotatable bonds is 6. The number of hydrogen-bond donors (Lipinski definition) is 5. The van der Waals surface area contributed by atoms with Gasteiger partial charge in [0, 0.05) is 32.3 Å². The van der Waals surface area contributed by atoms with Crippen LogP contribution in [-0.4, -0.2) is 76.6 Å². The molecule has 3 aromatic rings. The largest absolute Gasteiger partial charge is 0.493 e.